The van der Waals surface area contributed by atoms with Gasteiger partial charge in [-0.1, -0.05) is 74.5 Å². The Morgan fingerprint density at radius 3 is 2.52 bits per heavy atom. The first-order valence-corrected chi connectivity index (χ1v) is 17.1. The van der Waals surface area contributed by atoms with Crippen molar-refractivity contribution in [1.29, 1.82) is 0 Å². The number of aromatic nitrogens is 1. The Morgan fingerprint density at radius 2 is 1.82 bits per heavy atom. The molecule has 3 N–H and O–H groups in total. The third-order valence-electron chi connectivity index (χ3n) is 7.71. The fraction of sp³-hybridized carbons (Fsp3) is 0.455. The molecule has 2 amide bonds. The summed E-state index contributed by atoms with van der Waals surface area (Å²) in [4.78, 5) is 36.3. The first-order valence-electron chi connectivity index (χ1n) is 15.2. The molecule has 0 radical (unpaired) electrons. The molecule has 0 bridgehead atoms. The number of aromatic amines is 1. The number of H-pyrrole nitrogens is 1. The minimum Gasteiger partial charge on any atom is -0.361 e. The molecule has 1 aliphatic rings. The Balaban J connectivity index is 1.53. The molecule has 1 aliphatic heterocycles. The Morgan fingerprint density at radius 1 is 1.07 bits per heavy atom. The van der Waals surface area contributed by atoms with Crippen LogP contribution in [0.25, 0.3) is 17.0 Å². The number of carbonyl (C=O) groups excluding carboxylic acids is 2. The fourth-order valence-electron chi connectivity index (χ4n) is 5.41. The van der Waals surface area contributed by atoms with E-state index < -0.39 is 40.0 Å². The van der Waals surface area contributed by atoms with Crippen molar-refractivity contribution >= 4 is 38.8 Å². The number of amides is 2. The summed E-state index contributed by atoms with van der Waals surface area (Å²) in [6, 6.07) is 17.4. The molecule has 0 aliphatic carbocycles. The highest BCUT2D eigenvalue weighted by Gasteiger charge is 2.36. The van der Waals surface area contributed by atoms with Crippen LogP contribution in [0.5, 0.6) is 0 Å². The van der Waals surface area contributed by atoms with E-state index in [1.807, 2.05) is 86.8 Å². The molecule has 2 aromatic carbocycles. The molecule has 238 valence electrons. The van der Waals surface area contributed by atoms with Crippen LogP contribution >= 0.6 is 0 Å². The highest BCUT2D eigenvalue weighted by molar-refractivity contribution is 7.88. The van der Waals surface area contributed by atoms with Gasteiger partial charge in [0.1, 0.15) is 0 Å². The number of fused-ring (bicyclic) bond motifs is 1. The van der Waals surface area contributed by atoms with E-state index >= 15 is 0 Å². The molecule has 0 saturated carbocycles. The lowest BCUT2D eigenvalue weighted by Crippen LogP contribution is -2.51. The summed E-state index contributed by atoms with van der Waals surface area (Å²) in [5, 5.41) is 0.994. The van der Waals surface area contributed by atoms with E-state index in [4.69, 9.17) is 9.57 Å². The summed E-state index contributed by atoms with van der Waals surface area (Å²) in [5.41, 5.74) is 8.04. The summed E-state index contributed by atoms with van der Waals surface area (Å²) in [6.07, 6.45) is 9.65. The maximum absolute atomic E-state index is 13.9. The van der Waals surface area contributed by atoms with E-state index in [1.165, 1.54) is 0 Å². The van der Waals surface area contributed by atoms with Crippen LogP contribution in [0.15, 0.2) is 66.9 Å². The van der Waals surface area contributed by atoms with Crippen molar-refractivity contribution < 1.29 is 27.6 Å². The normalized spacial score (nSPS) is 17.2. The number of nitrogens with zero attached hydrogens (tertiary/aromatic N) is 1. The zero-order chi connectivity index (χ0) is 31.5. The van der Waals surface area contributed by atoms with Crippen LogP contribution in [0.3, 0.4) is 0 Å². The van der Waals surface area contributed by atoms with Crippen LogP contribution in [0.4, 0.5) is 0 Å². The van der Waals surface area contributed by atoms with E-state index in [-0.39, 0.29) is 18.9 Å². The molecular formula is C33H44N4O6S. The first kappa shape index (κ1) is 33.4. The maximum Gasteiger partial charge on any atom is 0.247 e. The minimum atomic E-state index is -3.82. The van der Waals surface area contributed by atoms with Gasteiger partial charge in [-0.15, -0.1) is 4.41 Å². The van der Waals surface area contributed by atoms with Gasteiger partial charge in [-0.25, -0.2) is 18.7 Å². The molecule has 1 saturated heterocycles. The van der Waals surface area contributed by atoms with Crippen molar-refractivity contribution in [3.05, 3.63) is 78.0 Å². The summed E-state index contributed by atoms with van der Waals surface area (Å²) < 4.78 is 32.2. The molecular weight excluding hydrogens is 580 g/mol. The first-order chi connectivity index (χ1) is 21.1. The number of hydrogen-bond donors (Lipinski definition) is 3. The lowest BCUT2D eigenvalue weighted by molar-refractivity contribution is -0.203. The second-order valence-electron chi connectivity index (χ2n) is 11.7. The van der Waals surface area contributed by atoms with Crippen LogP contribution in [0.2, 0.25) is 0 Å². The van der Waals surface area contributed by atoms with Gasteiger partial charge in [-0.2, -0.15) is 0 Å². The third kappa shape index (κ3) is 9.75. The van der Waals surface area contributed by atoms with E-state index in [0.29, 0.717) is 25.9 Å². The monoisotopic (exact) mass is 624 g/mol. The van der Waals surface area contributed by atoms with Gasteiger partial charge >= 0.3 is 0 Å². The molecule has 44 heavy (non-hydrogen) atoms. The number of allylic oxidation sites excluding steroid dienone is 1. The Labute approximate surface area is 260 Å². The van der Waals surface area contributed by atoms with Gasteiger partial charge in [0.2, 0.25) is 21.8 Å². The van der Waals surface area contributed by atoms with E-state index in [2.05, 4.69) is 15.9 Å². The Hall–Kier alpha value is -3.51. The van der Waals surface area contributed by atoms with Crippen LogP contribution in [-0.4, -0.2) is 55.3 Å². The van der Waals surface area contributed by atoms with Gasteiger partial charge in [0, 0.05) is 36.7 Å². The van der Waals surface area contributed by atoms with Crippen LogP contribution in [-0.2, 0) is 35.6 Å². The van der Waals surface area contributed by atoms with Crippen molar-refractivity contribution in [2.45, 2.75) is 58.7 Å². The molecule has 3 atom stereocenters. The van der Waals surface area contributed by atoms with Crippen LogP contribution < -0.4 is 10.9 Å². The number of hydrazine groups is 1. The third-order valence-corrected chi connectivity index (χ3v) is 8.78. The second kappa shape index (κ2) is 16.0. The summed E-state index contributed by atoms with van der Waals surface area (Å²) in [6.45, 7) is 4.52. The van der Waals surface area contributed by atoms with Gasteiger partial charge in [0.25, 0.3) is 0 Å². The Kier molecular flexibility index (Phi) is 12.1. The average Bonchev–Trinajstić information content (AvgIpc) is 3.42. The zero-order valence-electron chi connectivity index (χ0n) is 25.7. The summed E-state index contributed by atoms with van der Waals surface area (Å²) >= 11 is 0. The topological polar surface area (TPSA) is 130 Å². The molecule has 11 heteroatoms. The quantitative estimate of drug-likeness (QED) is 0.205. The number of hydroxylamine groups is 1. The largest absolute Gasteiger partial charge is 0.361 e. The van der Waals surface area contributed by atoms with E-state index in [1.54, 1.807) is 0 Å². The van der Waals surface area contributed by atoms with Crippen molar-refractivity contribution in [1.82, 2.24) is 20.3 Å². The zero-order valence-corrected chi connectivity index (χ0v) is 26.5. The van der Waals surface area contributed by atoms with Gasteiger partial charge in [0.15, 0.2) is 6.29 Å². The lowest BCUT2D eigenvalue weighted by atomic mass is 9.82. The van der Waals surface area contributed by atoms with Crippen LogP contribution in [0, 0.1) is 17.8 Å². The molecule has 0 spiro atoms. The smallest absolute Gasteiger partial charge is 0.247 e. The predicted octanol–water partition coefficient (Wildman–Crippen LogP) is 4.96. The Bertz CT molecular complexity index is 1500. The summed E-state index contributed by atoms with van der Waals surface area (Å²) in [5.74, 6) is -2.59. The number of hydrogen-bond acceptors (Lipinski definition) is 6. The number of carbonyl (C=O) groups is 2. The van der Waals surface area contributed by atoms with Crippen molar-refractivity contribution in [3.8, 4) is 0 Å². The highest BCUT2D eigenvalue weighted by Crippen LogP contribution is 2.27. The number of nitrogens with one attached hydrogen (secondary N) is 3. The number of para-hydroxylation sites is 1. The average molecular weight is 625 g/mol. The molecule has 1 fully saturated rings. The molecule has 1 aromatic heterocycles. The van der Waals surface area contributed by atoms with Gasteiger partial charge in [-0.3, -0.25) is 15.0 Å². The van der Waals surface area contributed by atoms with Gasteiger partial charge < -0.3 is 9.72 Å². The predicted molar refractivity (Wildman–Crippen MR) is 171 cm³/mol. The number of rotatable bonds is 15. The lowest BCUT2D eigenvalue weighted by Gasteiger charge is -2.30. The highest BCUT2D eigenvalue weighted by atomic mass is 32.2. The molecule has 1 unspecified atom stereocenters. The number of ether oxygens (including phenoxy) is 1. The van der Waals surface area contributed by atoms with E-state index in [0.717, 1.165) is 45.5 Å². The van der Waals surface area contributed by atoms with Crippen molar-refractivity contribution in [2.75, 3.05) is 19.4 Å². The summed E-state index contributed by atoms with van der Waals surface area (Å²) in [7, 11) is -3.82. The molecule has 10 nitrogen and oxygen atoms in total. The molecule has 3 aromatic rings. The van der Waals surface area contributed by atoms with Crippen molar-refractivity contribution in [2.24, 2.45) is 17.8 Å². The van der Waals surface area contributed by atoms with Crippen LogP contribution in [0.1, 0.15) is 57.1 Å². The molecule has 4 rings (SSSR count). The number of benzene rings is 2. The second-order valence-corrected chi connectivity index (χ2v) is 13.6. The fourth-order valence-corrected chi connectivity index (χ4v) is 6.08. The van der Waals surface area contributed by atoms with E-state index in [9.17, 15) is 18.0 Å². The van der Waals surface area contributed by atoms with Crippen molar-refractivity contribution in [3.63, 3.8) is 0 Å². The SMILES string of the molecule is CC(C)C[C@@H](C(=O)NN(CCc1c[nH]c2ccccc12)S(C)(=O)=O)[C@H](CC=Cc1ccccc1)C(=O)NOC1CCCCO1. The standard InChI is InChI=1S/C33H44N4O6S/c1-24(2)22-29(32(38)35-37(44(3,40)41)20-19-26-23-34-30-17-8-7-15-27(26)30)28(16-11-14-25-12-5-4-6-13-25)33(39)36-43-31-18-9-10-21-42-31/h4-8,11-15,17,23-24,28-29,31,34H,9-10,16,18-22H2,1-3H3,(H,35,38)(H,36,39)/t28-,29+,31?/m0/s1. The molecule has 2 heterocycles. The van der Waals surface area contributed by atoms with Gasteiger partial charge in [-0.05, 0) is 55.2 Å². The minimum absolute atomic E-state index is 0.0354. The maximum atomic E-state index is 13.9. The number of sulfonamides is 1. The van der Waals surface area contributed by atoms with Gasteiger partial charge in [0.05, 0.1) is 18.1 Å².